The highest BCUT2D eigenvalue weighted by Crippen LogP contribution is 2.22. The third-order valence-corrected chi connectivity index (χ3v) is 3.04. The van der Waals surface area contributed by atoms with E-state index in [1.54, 1.807) is 24.8 Å². The van der Waals surface area contributed by atoms with Crippen LogP contribution in [-0.2, 0) is 0 Å². The summed E-state index contributed by atoms with van der Waals surface area (Å²) in [5.74, 6) is 1.57. The van der Waals surface area contributed by atoms with Crippen molar-refractivity contribution in [2.24, 2.45) is 0 Å². The number of hydrogen-bond donors (Lipinski definition) is 1. The van der Waals surface area contributed by atoms with Crippen molar-refractivity contribution >= 4 is 23.2 Å². The lowest BCUT2D eigenvalue weighted by Crippen LogP contribution is -2.55. The largest absolute Gasteiger partial charge is 0.362 e. The Morgan fingerprint density at radius 1 is 1.17 bits per heavy atom. The molecule has 0 atom stereocenters. The molecule has 1 fully saturated rings. The highest BCUT2D eigenvalue weighted by atomic mass is 35.5. The third-order valence-electron chi connectivity index (χ3n) is 2.76. The molecule has 1 saturated heterocycles. The molecular weight excluding hydrogens is 252 g/mol. The first-order valence-corrected chi connectivity index (χ1v) is 5.94. The van der Waals surface area contributed by atoms with E-state index < -0.39 is 0 Å². The Bertz CT molecular complexity index is 528. The summed E-state index contributed by atoms with van der Waals surface area (Å²) in [4.78, 5) is 18.4. The summed E-state index contributed by atoms with van der Waals surface area (Å²) in [7, 11) is 0. The van der Waals surface area contributed by atoms with Gasteiger partial charge in [0.1, 0.15) is 23.0 Å². The Balaban J connectivity index is 1.59. The van der Waals surface area contributed by atoms with E-state index in [1.807, 2.05) is 0 Å². The van der Waals surface area contributed by atoms with Gasteiger partial charge in [0.25, 0.3) is 0 Å². The number of halogens is 1. The minimum atomic E-state index is 0.319. The van der Waals surface area contributed by atoms with Gasteiger partial charge in [0.15, 0.2) is 0 Å². The van der Waals surface area contributed by atoms with E-state index in [0.717, 1.165) is 18.9 Å². The Morgan fingerprint density at radius 2 is 2.06 bits per heavy atom. The van der Waals surface area contributed by atoms with Crippen LogP contribution in [0, 0.1) is 0 Å². The summed E-state index contributed by atoms with van der Waals surface area (Å²) in [6.45, 7) is 1.72. The van der Waals surface area contributed by atoms with Gasteiger partial charge in [-0.25, -0.2) is 15.0 Å². The fraction of sp³-hybridized carbons (Fsp3) is 0.273. The van der Waals surface area contributed by atoms with Crippen LogP contribution in [0.4, 0.5) is 11.6 Å². The van der Waals surface area contributed by atoms with Gasteiger partial charge < -0.3 is 10.2 Å². The van der Waals surface area contributed by atoms with Crippen molar-refractivity contribution < 1.29 is 0 Å². The molecule has 3 rings (SSSR count). The van der Waals surface area contributed by atoms with E-state index in [4.69, 9.17) is 11.6 Å². The maximum Gasteiger partial charge on any atom is 0.148 e. The van der Waals surface area contributed by atoms with Crippen LogP contribution >= 0.6 is 11.6 Å². The molecule has 0 saturated carbocycles. The number of rotatable bonds is 3. The highest BCUT2D eigenvalue weighted by Gasteiger charge is 2.28. The van der Waals surface area contributed by atoms with Crippen molar-refractivity contribution in [2.45, 2.75) is 6.04 Å². The number of nitrogens with zero attached hydrogens (tertiary/aromatic N) is 5. The van der Waals surface area contributed by atoms with E-state index >= 15 is 0 Å². The minimum Gasteiger partial charge on any atom is -0.362 e. The van der Waals surface area contributed by atoms with Crippen molar-refractivity contribution in [1.82, 2.24) is 19.9 Å². The summed E-state index contributed by atoms with van der Waals surface area (Å²) in [5, 5.41) is 3.81. The Kier molecular flexibility index (Phi) is 2.93. The van der Waals surface area contributed by atoms with Crippen LogP contribution in [0.5, 0.6) is 0 Å². The summed E-state index contributed by atoms with van der Waals surface area (Å²) in [5.41, 5.74) is 0. The molecule has 2 aromatic rings. The quantitative estimate of drug-likeness (QED) is 0.897. The summed E-state index contributed by atoms with van der Waals surface area (Å²) >= 11 is 5.98. The summed E-state index contributed by atoms with van der Waals surface area (Å²) in [6.07, 6.45) is 8.17. The predicted molar refractivity (Wildman–Crippen MR) is 68.7 cm³/mol. The van der Waals surface area contributed by atoms with Gasteiger partial charge in [-0.2, -0.15) is 0 Å². The van der Waals surface area contributed by atoms with Crippen LogP contribution in [0.1, 0.15) is 0 Å². The van der Waals surface area contributed by atoms with Crippen LogP contribution in [0.2, 0.25) is 5.02 Å². The third kappa shape index (κ3) is 2.19. The Labute approximate surface area is 109 Å². The maximum atomic E-state index is 5.98. The van der Waals surface area contributed by atoms with E-state index in [1.165, 1.54) is 6.33 Å². The molecule has 6 nitrogen and oxygen atoms in total. The molecule has 2 aromatic heterocycles. The molecule has 0 amide bonds. The number of nitrogens with one attached hydrogen (secondary N) is 1. The van der Waals surface area contributed by atoms with Crippen LogP contribution in [-0.4, -0.2) is 39.1 Å². The molecule has 92 valence electrons. The summed E-state index contributed by atoms with van der Waals surface area (Å²) < 4.78 is 0. The SMILES string of the molecule is Clc1cncnc1NC1CN(c2cnccn2)C1. The lowest BCUT2D eigenvalue weighted by atomic mass is 10.1. The van der Waals surface area contributed by atoms with Gasteiger partial charge in [-0.05, 0) is 0 Å². The van der Waals surface area contributed by atoms with E-state index in [0.29, 0.717) is 16.9 Å². The molecule has 1 aliphatic heterocycles. The van der Waals surface area contributed by atoms with E-state index in [2.05, 4.69) is 30.2 Å². The maximum absolute atomic E-state index is 5.98. The van der Waals surface area contributed by atoms with Crippen LogP contribution in [0.15, 0.2) is 31.1 Å². The Morgan fingerprint density at radius 3 is 2.78 bits per heavy atom. The Hall–Kier alpha value is -1.95. The van der Waals surface area contributed by atoms with Gasteiger partial charge in [-0.3, -0.25) is 4.98 Å². The predicted octanol–water partition coefficient (Wildman–Crippen LogP) is 1.22. The monoisotopic (exact) mass is 262 g/mol. The zero-order valence-corrected chi connectivity index (χ0v) is 10.2. The molecule has 1 N–H and O–H groups in total. The summed E-state index contributed by atoms with van der Waals surface area (Å²) in [6, 6.07) is 0.319. The second kappa shape index (κ2) is 4.73. The first kappa shape index (κ1) is 11.2. The van der Waals surface area contributed by atoms with Gasteiger partial charge in [0.05, 0.1) is 18.4 Å². The van der Waals surface area contributed by atoms with Crippen LogP contribution in [0.25, 0.3) is 0 Å². The second-order valence-corrected chi connectivity index (χ2v) is 4.44. The molecule has 3 heterocycles. The number of aromatic nitrogens is 4. The second-order valence-electron chi connectivity index (χ2n) is 4.03. The van der Waals surface area contributed by atoms with Gasteiger partial charge in [-0.15, -0.1) is 0 Å². The minimum absolute atomic E-state index is 0.319. The molecule has 0 radical (unpaired) electrons. The molecule has 0 bridgehead atoms. The van der Waals surface area contributed by atoms with Gasteiger partial charge >= 0.3 is 0 Å². The van der Waals surface area contributed by atoms with Crippen molar-refractivity contribution in [1.29, 1.82) is 0 Å². The normalized spacial score (nSPS) is 15.3. The molecule has 0 aliphatic carbocycles. The van der Waals surface area contributed by atoms with Crippen LogP contribution in [0.3, 0.4) is 0 Å². The highest BCUT2D eigenvalue weighted by molar-refractivity contribution is 6.32. The van der Waals surface area contributed by atoms with Gasteiger partial charge in [0, 0.05) is 25.5 Å². The van der Waals surface area contributed by atoms with Crippen molar-refractivity contribution in [3.8, 4) is 0 Å². The smallest absolute Gasteiger partial charge is 0.148 e. The first-order valence-electron chi connectivity index (χ1n) is 5.56. The fourth-order valence-electron chi connectivity index (χ4n) is 1.82. The molecular formula is C11H11ClN6. The van der Waals surface area contributed by atoms with Gasteiger partial charge in [-0.1, -0.05) is 11.6 Å². The lowest BCUT2D eigenvalue weighted by Gasteiger charge is -2.40. The molecule has 7 heteroatoms. The standard InChI is InChI=1S/C11H11ClN6/c12-9-3-14-7-16-11(9)17-8-5-18(6-8)10-4-13-1-2-15-10/h1-4,7-8H,5-6H2,(H,14,16,17). The van der Waals surface area contributed by atoms with Crippen molar-refractivity contribution in [3.63, 3.8) is 0 Å². The topological polar surface area (TPSA) is 66.8 Å². The first-order chi connectivity index (χ1) is 8.83. The lowest BCUT2D eigenvalue weighted by molar-refractivity contribution is 0.542. The molecule has 0 unspecified atom stereocenters. The average molecular weight is 263 g/mol. The zero-order chi connectivity index (χ0) is 12.4. The molecule has 0 aromatic carbocycles. The van der Waals surface area contributed by atoms with Crippen LogP contribution < -0.4 is 10.2 Å². The average Bonchev–Trinajstić information content (AvgIpc) is 2.36. The molecule has 0 spiro atoms. The zero-order valence-electron chi connectivity index (χ0n) is 9.49. The van der Waals surface area contributed by atoms with E-state index in [9.17, 15) is 0 Å². The fourth-order valence-corrected chi connectivity index (χ4v) is 1.98. The number of anilines is 2. The van der Waals surface area contributed by atoms with Crippen molar-refractivity contribution in [2.75, 3.05) is 23.3 Å². The molecule has 18 heavy (non-hydrogen) atoms. The number of hydrogen-bond acceptors (Lipinski definition) is 6. The molecule has 1 aliphatic rings. The van der Waals surface area contributed by atoms with E-state index in [-0.39, 0.29) is 0 Å². The van der Waals surface area contributed by atoms with Gasteiger partial charge in [0.2, 0.25) is 0 Å². The van der Waals surface area contributed by atoms with Crippen molar-refractivity contribution in [3.05, 3.63) is 36.1 Å².